The topological polar surface area (TPSA) is 70.7 Å². The van der Waals surface area contributed by atoms with E-state index in [1.165, 1.54) is 17.4 Å². The molecule has 0 bridgehead atoms. The molecular weight excluding hydrogens is 453 g/mol. The molecule has 0 spiro atoms. The van der Waals surface area contributed by atoms with Gasteiger partial charge in [0, 0.05) is 37.2 Å². The van der Waals surface area contributed by atoms with Gasteiger partial charge in [0.2, 0.25) is 4.80 Å². The highest BCUT2D eigenvalue weighted by molar-refractivity contribution is 7.09. The summed E-state index contributed by atoms with van der Waals surface area (Å²) in [5, 5.41) is 15.2. The highest BCUT2D eigenvalue weighted by Gasteiger charge is 2.32. The second kappa shape index (κ2) is 10.1. The fourth-order valence-electron chi connectivity index (χ4n) is 3.58. The van der Waals surface area contributed by atoms with Gasteiger partial charge in [-0.1, -0.05) is 51.5 Å². The van der Waals surface area contributed by atoms with Crippen molar-refractivity contribution in [1.82, 2.24) is 14.7 Å². The minimum Gasteiger partial charge on any atom is -0.392 e. The molecule has 10 heteroatoms. The van der Waals surface area contributed by atoms with E-state index in [9.17, 15) is 23.1 Å². The number of nitrogens with zero attached hydrogens (tertiary/aromatic N) is 4. The minimum atomic E-state index is -4.57. The van der Waals surface area contributed by atoms with Crippen molar-refractivity contribution in [3.05, 3.63) is 44.7 Å². The number of likely N-dealkylation sites (tertiary alicyclic amines) is 1. The molecule has 3 rings (SSSR count). The minimum absolute atomic E-state index is 0.0704. The van der Waals surface area contributed by atoms with Crippen LogP contribution in [-0.2, 0) is 24.7 Å². The molecule has 1 aromatic carbocycles. The predicted molar refractivity (Wildman–Crippen MR) is 121 cm³/mol. The molecule has 1 aliphatic heterocycles. The zero-order valence-corrected chi connectivity index (χ0v) is 20.3. The second-order valence-corrected chi connectivity index (χ2v) is 10.4. The first-order valence-corrected chi connectivity index (χ1v) is 12.0. The second-order valence-electron chi connectivity index (χ2n) is 9.48. The number of hydrogen-bond donors (Lipinski definition) is 1. The van der Waals surface area contributed by atoms with Crippen LogP contribution in [0.5, 0.6) is 0 Å². The van der Waals surface area contributed by atoms with Crippen LogP contribution in [0.15, 0.2) is 23.2 Å². The lowest BCUT2D eigenvalue weighted by Gasteiger charge is -2.18. The van der Waals surface area contributed by atoms with Gasteiger partial charge in [-0.3, -0.25) is 9.69 Å². The van der Waals surface area contributed by atoms with E-state index in [-0.39, 0.29) is 17.5 Å². The van der Waals surface area contributed by atoms with Crippen molar-refractivity contribution < 1.29 is 23.1 Å². The molecule has 2 aromatic rings. The molecule has 1 amide bonds. The van der Waals surface area contributed by atoms with Crippen molar-refractivity contribution in [3.8, 4) is 0 Å². The van der Waals surface area contributed by atoms with Crippen LogP contribution in [0.25, 0.3) is 0 Å². The van der Waals surface area contributed by atoms with Gasteiger partial charge in [-0.25, -0.2) is 4.68 Å². The van der Waals surface area contributed by atoms with Crippen LogP contribution in [0.3, 0.4) is 0 Å². The predicted octanol–water partition coefficient (Wildman–Crippen LogP) is 4.37. The number of halogens is 3. The summed E-state index contributed by atoms with van der Waals surface area (Å²) in [6.07, 6.45) is -2.65. The number of aliphatic hydroxyl groups is 1. The van der Waals surface area contributed by atoms with Crippen molar-refractivity contribution in [1.29, 1.82) is 0 Å². The number of unbranched alkanes of at least 4 members (excludes halogenated alkanes) is 1. The highest BCUT2D eigenvalue weighted by Crippen LogP contribution is 2.31. The lowest BCUT2D eigenvalue weighted by Crippen LogP contribution is -2.24. The number of aliphatic hydroxyl groups excluding tert-OH is 1. The third kappa shape index (κ3) is 6.51. The zero-order chi connectivity index (χ0) is 24.4. The van der Waals surface area contributed by atoms with Gasteiger partial charge in [0.25, 0.3) is 5.91 Å². The Morgan fingerprint density at radius 2 is 2.03 bits per heavy atom. The van der Waals surface area contributed by atoms with Crippen LogP contribution < -0.4 is 4.80 Å². The van der Waals surface area contributed by atoms with Crippen LogP contribution >= 0.6 is 11.3 Å². The Bertz CT molecular complexity index is 1050. The Morgan fingerprint density at radius 3 is 2.61 bits per heavy atom. The molecule has 0 unspecified atom stereocenters. The maximum Gasteiger partial charge on any atom is 0.416 e. The molecule has 1 atom stereocenters. The molecule has 0 saturated carbocycles. The monoisotopic (exact) mass is 484 g/mol. The lowest BCUT2D eigenvalue weighted by molar-refractivity contribution is -0.137. The molecule has 182 valence electrons. The van der Waals surface area contributed by atoms with Crippen molar-refractivity contribution >= 4 is 17.2 Å². The number of benzene rings is 1. The summed E-state index contributed by atoms with van der Waals surface area (Å²) < 4.78 is 41.8. The molecule has 0 aliphatic carbocycles. The van der Waals surface area contributed by atoms with Gasteiger partial charge in [-0.05, 0) is 30.5 Å². The molecular formula is C23H31F3N4O2S. The van der Waals surface area contributed by atoms with Crippen molar-refractivity contribution in [3.63, 3.8) is 0 Å². The lowest BCUT2D eigenvalue weighted by atomic mass is 9.98. The average molecular weight is 485 g/mol. The number of carbonyl (C=O) groups is 1. The quantitative estimate of drug-likeness (QED) is 0.661. The molecule has 1 fully saturated rings. The number of aryl methyl sites for hydroxylation is 1. The third-order valence-electron chi connectivity index (χ3n) is 5.49. The van der Waals surface area contributed by atoms with Gasteiger partial charge in [-0.15, -0.1) is 0 Å². The van der Waals surface area contributed by atoms with E-state index in [4.69, 9.17) is 0 Å². The van der Waals surface area contributed by atoms with Crippen molar-refractivity contribution in [2.45, 2.75) is 77.7 Å². The molecule has 1 aliphatic rings. The number of aromatic nitrogens is 2. The van der Waals surface area contributed by atoms with E-state index < -0.39 is 23.8 Å². The summed E-state index contributed by atoms with van der Waals surface area (Å²) in [6, 6.07) is 3.22. The van der Waals surface area contributed by atoms with E-state index in [0.29, 0.717) is 36.4 Å². The summed E-state index contributed by atoms with van der Waals surface area (Å²) >= 11 is 1.29. The maximum atomic E-state index is 13.4. The van der Waals surface area contributed by atoms with Gasteiger partial charge in [0.05, 0.1) is 11.7 Å². The van der Waals surface area contributed by atoms with E-state index in [2.05, 4.69) is 10.1 Å². The van der Waals surface area contributed by atoms with E-state index >= 15 is 0 Å². The number of β-amino-alcohol motifs (C(OH)–C–C–N with tert-alkyl or cyclic N) is 1. The SMILES string of the molecule is CCCCn1nc(C(C)(C)C)s/c1=N\C(=O)c1cc(C(F)(F)F)ccc1CN1CC[C@@H](O)C1. The van der Waals surface area contributed by atoms with E-state index in [1.807, 2.05) is 32.6 Å². The van der Waals surface area contributed by atoms with Gasteiger partial charge in [-0.2, -0.15) is 23.3 Å². The smallest absolute Gasteiger partial charge is 0.392 e. The van der Waals surface area contributed by atoms with Crippen LogP contribution in [0.1, 0.15) is 73.4 Å². The Morgan fingerprint density at radius 1 is 1.30 bits per heavy atom. The normalized spacial score (nSPS) is 18.3. The maximum absolute atomic E-state index is 13.4. The Labute approximate surface area is 195 Å². The molecule has 33 heavy (non-hydrogen) atoms. The summed E-state index contributed by atoms with van der Waals surface area (Å²) in [5.74, 6) is -0.717. The first kappa shape index (κ1) is 25.6. The summed E-state index contributed by atoms with van der Waals surface area (Å²) in [7, 11) is 0. The van der Waals surface area contributed by atoms with Crippen LogP contribution in [0, 0.1) is 0 Å². The zero-order valence-electron chi connectivity index (χ0n) is 19.4. The molecule has 2 heterocycles. The largest absolute Gasteiger partial charge is 0.416 e. The number of rotatable bonds is 6. The summed E-state index contributed by atoms with van der Waals surface area (Å²) in [4.78, 5) is 19.7. The Kier molecular flexibility index (Phi) is 7.80. The summed E-state index contributed by atoms with van der Waals surface area (Å²) in [5.41, 5.74) is -0.733. The molecule has 6 nitrogen and oxygen atoms in total. The third-order valence-corrected chi connectivity index (χ3v) is 6.86. The fourth-order valence-corrected chi connectivity index (χ4v) is 4.57. The highest BCUT2D eigenvalue weighted by atomic mass is 32.1. The van der Waals surface area contributed by atoms with Crippen LogP contribution in [0.4, 0.5) is 13.2 Å². The van der Waals surface area contributed by atoms with E-state index in [1.54, 1.807) is 4.68 Å². The molecule has 1 aromatic heterocycles. The van der Waals surface area contributed by atoms with Crippen LogP contribution in [0.2, 0.25) is 0 Å². The van der Waals surface area contributed by atoms with Crippen molar-refractivity contribution in [2.75, 3.05) is 13.1 Å². The number of carbonyl (C=O) groups excluding carboxylic acids is 1. The van der Waals surface area contributed by atoms with Crippen LogP contribution in [-0.4, -0.2) is 44.9 Å². The van der Waals surface area contributed by atoms with Gasteiger partial charge in [0.15, 0.2) is 0 Å². The van der Waals surface area contributed by atoms with Gasteiger partial charge >= 0.3 is 6.18 Å². The molecule has 1 saturated heterocycles. The molecule has 1 N–H and O–H groups in total. The molecule has 0 radical (unpaired) electrons. The van der Waals surface area contributed by atoms with Crippen molar-refractivity contribution in [2.24, 2.45) is 4.99 Å². The fraction of sp³-hybridized carbons (Fsp3) is 0.609. The van der Waals surface area contributed by atoms with Gasteiger partial charge in [0.1, 0.15) is 5.01 Å². The Balaban J connectivity index is 2.04. The standard InChI is InChI=1S/C23H31F3N4O2S/c1-5-6-10-30-21(33-20(28-30)22(2,3)4)27-19(32)18-12-16(23(24,25)26)8-7-15(18)13-29-11-9-17(31)14-29/h7-8,12,17,31H,5-6,9-11,13-14H2,1-4H3/b27-21-/t17-/m1/s1. The number of alkyl halides is 3. The summed E-state index contributed by atoms with van der Waals surface area (Å²) in [6.45, 7) is 9.98. The average Bonchev–Trinajstić information content (AvgIpc) is 3.31. The Hall–Kier alpha value is -2.04. The first-order chi connectivity index (χ1) is 15.4. The van der Waals surface area contributed by atoms with E-state index in [0.717, 1.165) is 30.0 Å². The number of hydrogen-bond acceptors (Lipinski definition) is 5. The number of amides is 1. The van der Waals surface area contributed by atoms with Gasteiger partial charge < -0.3 is 5.11 Å². The first-order valence-electron chi connectivity index (χ1n) is 11.2.